The molecule has 8 aromatic carbocycles. The summed E-state index contributed by atoms with van der Waals surface area (Å²) in [5.41, 5.74) is 14.8. The Hall–Kier alpha value is -5.90. The quantitative estimate of drug-likeness (QED) is 0.159. The summed E-state index contributed by atoms with van der Waals surface area (Å²) in [4.78, 5) is 4.87. The molecule has 0 N–H and O–H groups in total. The smallest absolute Gasteiger partial charge is 0.0520 e. The van der Waals surface area contributed by atoms with Gasteiger partial charge in [0.05, 0.1) is 11.4 Å². The van der Waals surface area contributed by atoms with Crippen molar-refractivity contribution < 1.29 is 0 Å². The summed E-state index contributed by atoms with van der Waals surface area (Å²) in [5.74, 6) is 0. The van der Waals surface area contributed by atoms with Gasteiger partial charge < -0.3 is 9.80 Å². The van der Waals surface area contributed by atoms with Gasteiger partial charge in [-0.1, -0.05) is 108 Å². The predicted molar refractivity (Wildman–Crippen MR) is 232 cm³/mol. The number of rotatable bonds is 6. The molecule has 9 aromatic rings. The van der Waals surface area contributed by atoms with Crippen LogP contribution in [0, 0.1) is 41.5 Å². The van der Waals surface area contributed by atoms with Crippen LogP contribution in [0.15, 0.2) is 146 Å². The zero-order chi connectivity index (χ0) is 36.4. The van der Waals surface area contributed by atoms with Gasteiger partial charge in [0.15, 0.2) is 0 Å². The Bertz CT molecular complexity index is 2800. The molecule has 3 heteroatoms. The Morgan fingerprint density at radius 3 is 1.34 bits per heavy atom. The van der Waals surface area contributed by atoms with E-state index in [1.54, 1.807) is 0 Å². The standard InChI is InChI=1S/C50H42N2S/c1-31-25-33(3)48(34(4)26-31)51(37-15-9-7-10-16-37)39-21-23-43-45(29-39)41-19-13-14-20-42(41)47-44-24-22-40(30-46(44)53-50(43)47)52(38-17-11-8-12-18-38)49-35(5)27-32(2)28-36(49)6/h7-30H,1-6H3. The number of hydrogen-bond acceptors (Lipinski definition) is 3. The summed E-state index contributed by atoms with van der Waals surface area (Å²) >= 11 is 1.91. The molecule has 2 nitrogen and oxygen atoms in total. The average Bonchev–Trinajstić information content (AvgIpc) is 3.54. The topological polar surface area (TPSA) is 6.48 Å². The summed E-state index contributed by atoms with van der Waals surface area (Å²) < 4.78 is 2.62. The first kappa shape index (κ1) is 33.0. The molecule has 0 amide bonds. The van der Waals surface area contributed by atoms with E-state index in [1.165, 1.54) is 92.2 Å². The van der Waals surface area contributed by atoms with E-state index in [9.17, 15) is 0 Å². The highest BCUT2D eigenvalue weighted by Crippen LogP contribution is 2.48. The van der Waals surface area contributed by atoms with Gasteiger partial charge in [0.1, 0.15) is 0 Å². The van der Waals surface area contributed by atoms with Crippen molar-refractivity contribution in [3.63, 3.8) is 0 Å². The molecule has 0 saturated carbocycles. The Labute approximate surface area is 316 Å². The van der Waals surface area contributed by atoms with E-state index in [2.05, 4.69) is 197 Å². The van der Waals surface area contributed by atoms with Crippen molar-refractivity contribution in [2.24, 2.45) is 0 Å². The van der Waals surface area contributed by atoms with Gasteiger partial charge in [0.2, 0.25) is 0 Å². The second-order valence-corrected chi connectivity index (χ2v) is 15.7. The average molecular weight is 703 g/mol. The molecule has 9 rings (SSSR count). The third-order valence-electron chi connectivity index (χ3n) is 10.7. The minimum Gasteiger partial charge on any atom is -0.310 e. The fraction of sp³-hybridized carbons (Fsp3) is 0.120. The number of anilines is 6. The minimum atomic E-state index is 1.16. The van der Waals surface area contributed by atoms with E-state index in [1.807, 2.05) is 11.3 Å². The zero-order valence-corrected chi connectivity index (χ0v) is 32.0. The third kappa shape index (κ3) is 5.55. The number of hydrogen-bond donors (Lipinski definition) is 0. The van der Waals surface area contributed by atoms with Crippen LogP contribution in [-0.2, 0) is 0 Å². The van der Waals surface area contributed by atoms with Crippen LogP contribution in [0.25, 0.3) is 41.7 Å². The van der Waals surface area contributed by atoms with Gasteiger partial charge in [0.25, 0.3) is 0 Å². The van der Waals surface area contributed by atoms with Crippen molar-refractivity contribution in [2.75, 3.05) is 9.80 Å². The molecule has 0 unspecified atom stereocenters. The van der Waals surface area contributed by atoms with Gasteiger partial charge in [0, 0.05) is 48.3 Å². The highest BCUT2D eigenvalue weighted by molar-refractivity contribution is 7.27. The molecular formula is C50H42N2S. The second-order valence-electron chi connectivity index (χ2n) is 14.6. The van der Waals surface area contributed by atoms with E-state index >= 15 is 0 Å². The van der Waals surface area contributed by atoms with E-state index in [4.69, 9.17) is 0 Å². The molecule has 0 radical (unpaired) electrons. The lowest BCUT2D eigenvalue weighted by Crippen LogP contribution is -2.13. The van der Waals surface area contributed by atoms with Crippen LogP contribution in [0.5, 0.6) is 0 Å². The van der Waals surface area contributed by atoms with Crippen molar-refractivity contribution in [1.29, 1.82) is 0 Å². The van der Waals surface area contributed by atoms with Crippen LogP contribution >= 0.6 is 11.3 Å². The maximum Gasteiger partial charge on any atom is 0.0520 e. The second kappa shape index (κ2) is 12.9. The number of nitrogens with zero attached hydrogens (tertiary/aromatic N) is 2. The van der Waals surface area contributed by atoms with Crippen molar-refractivity contribution in [3.05, 3.63) is 179 Å². The Morgan fingerprint density at radius 1 is 0.358 bits per heavy atom. The van der Waals surface area contributed by atoms with Crippen LogP contribution < -0.4 is 9.80 Å². The van der Waals surface area contributed by atoms with Crippen LogP contribution in [0.4, 0.5) is 34.1 Å². The summed E-state index contributed by atoms with van der Waals surface area (Å²) in [5, 5.41) is 7.79. The fourth-order valence-corrected chi connectivity index (χ4v) is 10.0. The van der Waals surface area contributed by atoms with E-state index < -0.39 is 0 Å². The van der Waals surface area contributed by atoms with Crippen LogP contribution in [0.3, 0.4) is 0 Å². The van der Waals surface area contributed by atoms with Crippen LogP contribution in [0.1, 0.15) is 33.4 Å². The van der Waals surface area contributed by atoms with E-state index in [0.717, 1.165) is 17.1 Å². The largest absolute Gasteiger partial charge is 0.310 e. The molecule has 1 heterocycles. The van der Waals surface area contributed by atoms with Gasteiger partial charge in [-0.15, -0.1) is 11.3 Å². The number of para-hydroxylation sites is 2. The number of fused-ring (bicyclic) bond motifs is 8. The summed E-state index contributed by atoms with van der Waals surface area (Å²) in [7, 11) is 0. The van der Waals surface area contributed by atoms with Crippen LogP contribution in [0.2, 0.25) is 0 Å². The molecule has 0 aliphatic heterocycles. The van der Waals surface area contributed by atoms with E-state index in [0.29, 0.717) is 0 Å². The lowest BCUT2D eigenvalue weighted by molar-refractivity contribution is 1.21. The van der Waals surface area contributed by atoms with Gasteiger partial charge >= 0.3 is 0 Å². The fourth-order valence-electron chi connectivity index (χ4n) is 8.73. The first-order valence-corrected chi connectivity index (χ1v) is 19.3. The molecule has 0 aliphatic carbocycles. The molecule has 0 bridgehead atoms. The van der Waals surface area contributed by atoms with Gasteiger partial charge in [-0.25, -0.2) is 0 Å². The first-order valence-electron chi connectivity index (χ1n) is 18.4. The molecule has 1 aromatic heterocycles. The van der Waals surface area contributed by atoms with Crippen molar-refractivity contribution in [3.8, 4) is 0 Å². The Morgan fingerprint density at radius 2 is 0.811 bits per heavy atom. The normalized spacial score (nSPS) is 11.6. The van der Waals surface area contributed by atoms with E-state index in [-0.39, 0.29) is 0 Å². The Kier molecular flexibility index (Phi) is 8.05. The monoisotopic (exact) mass is 702 g/mol. The third-order valence-corrected chi connectivity index (χ3v) is 11.9. The lowest BCUT2D eigenvalue weighted by atomic mass is 9.96. The van der Waals surface area contributed by atoms with Gasteiger partial charge in [-0.2, -0.15) is 0 Å². The minimum absolute atomic E-state index is 1.16. The SMILES string of the molecule is Cc1cc(C)c(N(c2ccccc2)c2ccc3c(c2)sc2c4ccc(N(c5ccccc5)c5c(C)cc(C)cc5C)cc4c4ccccc4c32)c(C)c1. The molecule has 0 spiro atoms. The van der Waals surface area contributed by atoms with Crippen LogP contribution in [-0.4, -0.2) is 0 Å². The number of aryl methyl sites for hydroxylation is 6. The number of thiophene rings is 1. The van der Waals surface area contributed by atoms with Gasteiger partial charge in [-0.3, -0.25) is 0 Å². The summed E-state index contributed by atoms with van der Waals surface area (Å²) in [6.45, 7) is 13.3. The first-order chi connectivity index (χ1) is 25.8. The molecule has 0 saturated heterocycles. The van der Waals surface area contributed by atoms with Crippen molar-refractivity contribution in [2.45, 2.75) is 41.5 Å². The summed E-state index contributed by atoms with van der Waals surface area (Å²) in [6.07, 6.45) is 0. The van der Waals surface area contributed by atoms with Gasteiger partial charge in [-0.05, 0) is 128 Å². The molecular weight excluding hydrogens is 661 g/mol. The highest BCUT2D eigenvalue weighted by Gasteiger charge is 2.22. The molecule has 0 aliphatic rings. The maximum absolute atomic E-state index is 2.44. The highest BCUT2D eigenvalue weighted by atomic mass is 32.1. The Balaban J connectivity index is 1.28. The molecule has 0 atom stereocenters. The molecule has 53 heavy (non-hydrogen) atoms. The van der Waals surface area contributed by atoms with Crippen molar-refractivity contribution in [1.82, 2.24) is 0 Å². The predicted octanol–water partition coefficient (Wildman–Crippen LogP) is 15.2. The molecule has 258 valence electrons. The lowest BCUT2D eigenvalue weighted by Gasteiger charge is -2.29. The maximum atomic E-state index is 2.44. The summed E-state index contributed by atoms with van der Waals surface area (Å²) in [6, 6.07) is 53.9. The van der Waals surface area contributed by atoms with Crippen molar-refractivity contribution >= 4 is 87.2 Å². The molecule has 0 fully saturated rings. The zero-order valence-electron chi connectivity index (χ0n) is 31.2. The number of benzene rings is 8.